The Hall–Kier alpha value is -0.240. The molecule has 0 spiro atoms. The standard InChI is InChI=1S/C30H61NO2P/c1-6-8-9-10-11-12-13-14-15-16-17-18-19-20-21-22-23-24-25-26-27-28-29-30(7-2,34(32)33)31(3,4)5/h22-23H,6-21,24-29H2,1-5H3/q+1/b23-22-. The topological polar surface area (TPSA) is 40.1 Å². The number of nitrogens with zero attached hydrogens (tertiary/aromatic N) is 1. The van der Waals surface area contributed by atoms with E-state index in [9.17, 15) is 9.46 Å². The van der Waals surface area contributed by atoms with Crippen molar-refractivity contribution in [3.05, 3.63) is 12.2 Å². The molecule has 0 aromatic carbocycles. The maximum absolute atomic E-state index is 12.0. The molecular weight excluding hydrogens is 437 g/mol. The average Bonchev–Trinajstić information content (AvgIpc) is 2.78. The summed E-state index contributed by atoms with van der Waals surface area (Å²) in [6.45, 7) is 4.30. The van der Waals surface area contributed by atoms with Crippen molar-refractivity contribution in [2.24, 2.45) is 0 Å². The zero-order valence-electron chi connectivity index (χ0n) is 23.9. The van der Waals surface area contributed by atoms with E-state index in [2.05, 4.69) is 19.1 Å². The first-order valence-corrected chi connectivity index (χ1v) is 16.1. The van der Waals surface area contributed by atoms with Crippen LogP contribution in [0.15, 0.2) is 12.2 Å². The number of hydrogen-bond acceptors (Lipinski definition) is 2. The van der Waals surface area contributed by atoms with Gasteiger partial charge in [0.1, 0.15) is 0 Å². The van der Waals surface area contributed by atoms with Crippen LogP contribution >= 0.6 is 8.03 Å². The fourth-order valence-electron chi connectivity index (χ4n) is 5.17. The van der Waals surface area contributed by atoms with E-state index in [1.807, 2.05) is 28.1 Å². The van der Waals surface area contributed by atoms with E-state index < -0.39 is 13.3 Å². The molecule has 0 bridgehead atoms. The number of hydrogen-bond donors (Lipinski definition) is 0. The van der Waals surface area contributed by atoms with Gasteiger partial charge >= 0.3 is 8.03 Å². The quantitative estimate of drug-likeness (QED) is 0.0544. The normalized spacial score (nSPS) is 14.6. The predicted octanol–water partition coefficient (Wildman–Crippen LogP) is 9.67. The van der Waals surface area contributed by atoms with Gasteiger partial charge in [0.2, 0.25) is 0 Å². The van der Waals surface area contributed by atoms with Crippen molar-refractivity contribution in [2.45, 2.75) is 160 Å². The first-order valence-electron chi connectivity index (χ1n) is 14.9. The molecule has 0 fully saturated rings. The van der Waals surface area contributed by atoms with Crippen LogP contribution in [-0.2, 0) is 4.57 Å². The largest absolute Gasteiger partial charge is 0.590 e. The lowest BCUT2D eigenvalue weighted by molar-refractivity contribution is -0.910. The van der Waals surface area contributed by atoms with Crippen molar-refractivity contribution >= 4 is 8.03 Å². The van der Waals surface area contributed by atoms with Crippen LogP contribution in [0.4, 0.5) is 0 Å². The third-order valence-electron chi connectivity index (χ3n) is 7.74. The van der Waals surface area contributed by atoms with Gasteiger partial charge in [-0.15, -0.1) is 0 Å². The van der Waals surface area contributed by atoms with Gasteiger partial charge in [0.25, 0.3) is 5.28 Å². The highest BCUT2D eigenvalue weighted by molar-refractivity contribution is 7.38. The van der Waals surface area contributed by atoms with E-state index in [4.69, 9.17) is 0 Å². The molecular formula is C30H61NO2P+. The van der Waals surface area contributed by atoms with Crippen LogP contribution in [0.25, 0.3) is 0 Å². The fraction of sp³-hybridized carbons (Fsp3) is 0.933. The zero-order chi connectivity index (χ0) is 25.5. The second-order valence-corrected chi connectivity index (χ2v) is 12.8. The van der Waals surface area contributed by atoms with Gasteiger partial charge in [0.15, 0.2) is 0 Å². The molecule has 0 aromatic rings. The Morgan fingerprint density at radius 2 is 0.971 bits per heavy atom. The van der Waals surface area contributed by atoms with Gasteiger partial charge in [-0.1, -0.05) is 127 Å². The van der Waals surface area contributed by atoms with Crippen molar-refractivity contribution in [1.29, 1.82) is 0 Å². The summed E-state index contributed by atoms with van der Waals surface area (Å²) in [7, 11) is 3.61. The lowest BCUT2D eigenvalue weighted by Crippen LogP contribution is -2.55. The van der Waals surface area contributed by atoms with Crippen molar-refractivity contribution in [1.82, 2.24) is 0 Å². The highest BCUT2D eigenvalue weighted by Crippen LogP contribution is 2.44. The van der Waals surface area contributed by atoms with E-state index in [0.717, 1.165) is 19.3 Å². The minimum atomic E-state index is -2.42. The molecule has 202 valence electrons. The predicted molar refractivity (Wildman–Crippen MR) is 150 cm³/mol. The molecule has 2 atom stereocenters. The minimum absolute atomic E-state index is 0.504. The Balaban J connectivity index is 3.49. The number of unbranched alkanes of at least 4 members (excludes halogenated alkanes) is 18. The van der Waals surface area contributed by atoms with E-state index in [1.165, 1.54) is 116 Å². The van der Waals surface area contributed by atoms with Crippen LogP contribution < -0.4 is 4.89 Å². The molecule has 0 radical (unpaired) electrons. The van der Waals surface area contributed by atoms with Crippen LogP contribution in [0.2, 0.25) is 0 Å². The molecule has 0 N–H and O–H groups in total. The Bertz CT molecular complexity index is 501. The average molecular weight is 499 g/mol. The van der Waals surface area contributed by atoms with Crippen LogP contribution in [0.5, 0.6) is 0 Å². The third kappa shape index (κ3) is 16.4. The van der Waals surface area contributed by atoms with Gasteiger partial charge in [-0.3, -0.25) is 4.48 Å². The minimum Gasteiger partial charge on any atom is -0.590 e. The Morgan fingerprint density at radius 3 is 1.29 bits per heavy atom. The number of allylic oxidation sites excluding steroid dienone is 2. The SMILES string of the molecule is CCCCCCCCCCCCCCCC/C=C\CCCCCCC(CC)([P+](=O)[O-])[N+](C)(C)C. The molecule has 34 heavy (non-hydrogen) atoms. The van der Waals surface area contributed by atoms with E-state index in [1.54, 1.807) is 0 Å². The number of rotatable bonds is 25. The van der Waals surface area contributed by atoms with Gasteiger partial charge in [-0.2, -0.15) is 0 Å². The third-order valence-corrected chi connectivity index (χ3v) is 9.56. The molecule has 2 unspecified atom stereocenters. The van der Waals surface area contributed by atoms with Crippen LogP contribution in [-0.4, -0.2) is 30.9 Å². The lowest BCUT2D eigenvalue weighted by atomic mass is 10.0. The summed E-state index contributed by atoms with van der Waals surface area (Å²) in [5.74, 6) is 0. The van der Waals surface area contributed by atoms with Crippen LogP contribution in [0.3, 0.4) is 0 Å². The first-order chi connectivity index (χ1) is 16.3. The maximum atomic E-state index is 12.0. The van der Waals surface area contributed by atoms with E-state index in [-0.39, 0.29) is 0 Å². The molecule has 0 aromatic heterocycles. The van der Waals surface area contributed by atoms with Gasteiger partial charge in [-0.25, -0.2) is 0 Å². The molecule has 3 nitrogen and oxygen atoms in total. The van der Waals surface area contributed by atoms with Gasteiger partial charge < -0.3 is 4.89 Å². The zero-order valence-corrected chi connectivity index (χ0v) is 24.8. The summed E-state index contributed by atoms with van der Waals surface area (Å²) in [6.07, 6.45) is 33.1. The molecule has 4 heteroatoms. The molecule has 0 saturated carbocycles. The van der Waals surface area contributed by atoms with Crippen molar-refractivity contribution < 1.29 is 13.9 Å². The van der Waals surface area contributed by atoms with Crippen molar-refractivity contribution in [3.8, 4) is 0 Å². The number of quaternary nitrogens is 1. The first kappa shape index (κ1) is 33.8. The molecule has 0 aliphatic heterocycles. The molecule has 0 amide bonds. The Kier molecular flexibility index (Phi) is 21.8. The summed E-state index contributed by atoms with van der Waals surface area (Å²) in [5, 5.41) is -0.608. The van der Waals surface area contributed by atoms with E-state index in [0.29, 0.717) is 10.9 Å². The molecule has 0 aliphatic carbocycles. The second-order valence-electron chi connectivity index (χ2n) is 11.4. The monoisotopic (exact) mass is 498 g/mol. The van der Waals surface area contributed by atoms with Crippen LogP contribution in [0.1, 0.15) is 155 Å². The molecule has 0 saturated heterocycles. The molecule has 0 heterocycles. The lowest BCUT2D eigenvalue weighted by Gasteiger charge is -2.39. The van der Waals surface area contributed by atoms with Crippen LogP contribution in [0, 0.1) is 0 Å². The highest BCUT2D eigenvalue weighted by Gasteiger charge is 2.52. The van der Waals surface area contributed by atoms with Gasteiger partial charge in [-0.05, 0) is 32.1 Å². The highest BCUT2D eigenvalue weighted by atomic mass is 31.1. The smallest absolute Gasteiger partial charge is 0.376 e. The van der Waals surface area contributed by atoms with Gasteiger partial charge in [0.05, 0.1) is 21.1 Å². The summed E-state index contributed by atoms with van der Waals surface area (Å²) in [5.41, 5.74) is 0. The summed E-state index contributed by atoms with van der Waals surface area (Å²) < 4.78 is 12.5. The van der Waals surface area contributed by atoms with Gasteiger partial charge in [0, 0.05) is 12.8 Å². The maximum Gasteiger partial charge on any atom is 0.376 e. The summed E-state index contributed by atoms with van der Waals surface area (Å²) in [4.78, 5) is 12.0. The van der Waals surface area contributed by atoms with Crippen molar-refractivity contribution in [2.75, 3.05) is 21.1 Å². The molecule has 0 rings (SSSR count). The summed E-state index contributed by atoms with van der Waals surface area (Å²) in [6, 6.07) is 0. The second kappa shape index (κ2) is 22.0. The Labute approximate surface area is 215 Å². The fourth-order valence-corrected chi connectivity index (χ4v) is 6.26. The van der Waals surface area contributed by atoms with E-state index >= 15 is 0 Å². The summed E-state index contributed by atoms with van der Waals surface area (Å²) >= 11 is 0. The molecule has 0 aliphatic rings. The Morgan fingerprint density at radius 1 is 0.618 bits per heavy atom. The van der Waals surface area contributed by atoms with Crippen molar-refractivity contribution in [3.63, 3.8) is 0 Å².